The molecule has 0 aliphatic heterocycles. The van der Waals surface area contributed by atoms with Crippen molar-refractivity contribution in [1.29, 1.82) is 0 Å². The van der Waals surface area contributed by atoms with E-state index in [4.69, 9.17) is 4.74 Å². The first kappa shape index (κ1) is 11.2. The van der Waals surface area contributed by atoms with E-state index >= 15 is 0 Å². The molecule has 0 heterocycles. The first-order valence-electron chi connectivity index (χ1n) is 5.21. The van der Waals surface area contributed by atoms with Crippen LogP contribution in [-0.4, -0.2) is 0 Å². The molecule has 2 heteroatoms. The van der Waals surface area contributed by atoms with E-state index < -0.39 is 0 Å². The molecule has 0 saturated carbocycles. The Morgan fingerprint density at radius 1 is 0.812 bits per heavy atom. The summed E-state index contributed by atoms with van der Waals surface area (Å²) < 4.78 is 5.71. The molecule has 0 spiro atoms. The maximum absolute atomic E-state index is 5.71. The average Bonchev–Trinajstić information content (AvgIpc) is 2.38. The van der Waals surface area contributed by atoms with Crippen LogP contribution in [0.5, 0.6) is 5.75 Å². The van der Waals surface area contributed by atoms with Crippen LogP contribution in [0.2, 0.25) is 0 Å². The molecular weight excluding hydrogens is 264 g/mol. The van der Waals surface area contributed by atoms with Crippen molar-refractivity contribution in [2.75, 3.05) is 0 Å². The molecule has 0 aliphatic rings. The van der Waals surface area contributed by atoms with Crippen LogP contribution in [0.3, 0.4) is 0 Å². The highest BCUT2D eigenvalue weighted by Crippen LogP contribution is 2.16. The minimum Gasteiger partial charge on any atom is -0.489 e. The molecule has 0 bridgehead atoms. The molecule has 0 saturated heterocycles. The van der Waals surface area contributed by atoms with Gasteiger partial charge in [-0.2, -0.15) is 0 Å². The maximum Gasteiger partial charge on any atom is 0.119 e. The van der Waals surface area contributed by atoms with E-state index in [1.807, 2.05) is 42.5 Å². The quantitative estimate of drug-likeness (QED) is 0.762. The van der Waals surface area contributed by atoms with Crippen LogP contribution in [0.25, 0.3) is 0 Å². The lowest BCUT2D eigenvalue weighted by atomic mass is 10.1. The van der Waals surface area contributed by atoms with Crippen LogP contribution >= 0.6 is 15.9 Å². The van der Waals surface area contributed by atoms with Gasteiger partial charge >= 0.3 is 0 Å². The zero-order chi connectivity index (χ0) is 11.2. The lowest BCUT2D eigenvalue weighted by molar-refractivity contribution is 0.305. The first-order valence-corrected chi connectivity index (χ1v) is 6.33. The number of para-hydroxylation sites is 1. The van der Waals surface area contributed by atoms with Gasteiger partial charge in [0.15, 0.2) is 0 Å². The Morgan fingerprint density at radius 2 is 1.44 bits per heavy atom. The van der Waals surface area contributed by atoms with Gasteiger partial charge in [0.25, 0.3) is 0 Å². The molecule has 2 aromatic carbocycles. The SMILES string of the molecule is BrCc1ccccc1COc1ccccc1. The van der Waals surface area contributed by atoms with Gasteiger partial charge in [-0.25, -0.2) is 0 Å². The molecule has 16 heavy (non-hydrogen) atoms. The molecule has 2 aromatic rings. The smallest absolute Gasteiger partial charge is 0.119 e. The third kappa shape index (κ3) is 2.86. The Balaban J connectivity index is 2.05. The van der Waals surface area contributed by atoms with Crippen molar-refractivity contribution in [1.82, 2.24) is 0 Å². The summed E-state index contributed by atoms with van der Waals surface area (Å²) in [6.45, 7) is 0.617. The highest BCUT2D eigenvalue weighted by atomic mass is 79.9. The van der Waals surface area contributed by atoms with E-state index in [-0.39, 0.29) is 0 Å². The second kappa shape index (κ2) is 5.71. The Labute approximate surface area is 104 Å². The summed E-state index contributed by atoms with van der Waals surface area (Å²) in [7, 11) is 0. The minimum absolute atomic E-state index is 0.617. The standard InChI is InChI=1S/C14H13BrO/c15-10-12-6-4-5-7-13(12)11-16-14-8-2-1-3-9-14/h1-9H,10-11H2. The third-order valence-electron chi connectivity index (χ3n) is 2.40. The fourth-order valence-corrected chi connectivity index (χ4v) is 2.05. The second-order valence-corrected chi connectivity index (χ2v) is 4.06. The van der Waals surface area contributed by atoms with E-state index in [2.05, 4.69) is 28.1 Å². The summed E-state index contributed by atoms with van der Waals surface area (Å²) in [5.74, 6) is 0.909. The molecule has 0 radical (unpaired) electrons. The second-order valence-electron chi connectivity index (χ2n) is 3.50. The number of hydrogen-bond donors (Lipinski definition) is 0. The molecular formula is C14H13BrO. The van der Waals surface area contributed by atoms with Crippen LogP contribution in [0, 0.1) is 0 Å². The van der Waals surface area contributed by atoms with Gasteiger partial charge in [0.1, 0.15) is 12.4 Å². The monoisotopic (exact) mass is 276 g/mol. The molecule has 0 N–H and O–H groups in total. The third-order valence-corrected chi connectivity index (χ3v) is 3.00. The van der Waals surface area contributed by atoms with E-state index in [9.17, 15) is 0 Å². The number of benzene rings is 2. The lowest BCUT2D eigenvalue weighted by Crippen LogP contribution is -1.98. The Morgan fingerprint density at radius 3 is 2.12 bits per heavy atom. The van der Waals surface area contributed by atoms with Crippen LogP contribution in [0.4, 0.5) is 0 Å². The van der Waals surface area contributed by atoms with Crippen LogP contribution in [0.15, 0.2) is 54.6 Å². The van der Waals surface area contributed by atoms with Gasteiger partial charge in [-0.05, 0) is 23.3 Å². The lowest BCUT2D eigenvalue weighted by Gasteiger charge is -2.09. The topological polar surface area (TPSA) is 9.23 Å². The number of halogens is 1. The summed E-state index contributed by atoms with van der Waals surface area (Å²) >= 11 is 3.48. The molecule has 2 rings (SSSR count). The van der Waals surface area contributed by atoms with E-state index in [1.165, 1.54) is 11.1 Å². The van der Waals surface area contributed by atoms with Gasteiger partial charge < -0.3 is 4.74 Å². The fourth-order valence-electron chi connectivity index (χ4n) is 1.51. The summed E-state index contributed by atoms with van der Waals surface area (Å²) in [4.78, 5) is 0. The Kier molecular flexibility index (Phi) is 4.00. The fraction of sp³-hybridized carbons (Fsp3) is 0.143. The molecule has 1 nitrogen and oxygen atoms in total. The first-order chi connectivity index (χ1) is 7.90. The molecule has 0 aliphatic carbocycles. The van der Waals surface area contributed by atoms with Gasteiger partial charge in [-0.3, -0.25) is 0 Å². The van der Waals surface area contributed by atoms with Gasteiger partial charge in [0.2, 0.25) is 0 Å². The zero-order valence-corrected chi connectivity index (χ0v) is 10.5. The van der Waals surface area contributed by atoms with Crippen molar-refractivity contribution >= 4 is 15.9 Å². The van der Waals surface area contributed by atoms with Gasteiger partial charge in [-0.1, -0.05) is 58.4 Å². The molecule has 0 fully saturated rings. The highest BCUT2D eigenvalue weighted by molar-refractivity contribution is 9.08. The molecule has 0 aromatic heterocycles. The minimum atomic E-state index is 0.617. The predicted octanol–water partition coefficient (Wildman–Crippen LogP) is 4.16. The molecule has 82 valence electrons. The zero-order valence-electron chi connectivity index (χ0n) is 8.90. The van der Waals surface area contributed by atoms with Crippen LogP contribution in [0.1, 0.15) is 11.1 Å². The normalized spacial score (nSPS) is 10.1. The van der Waals surface area contributed by atoms with Crippen molar-refractivity contribution in [2.24, 2.45) is 0 Å². The van der Waals surface area contributed by atoms with Crippen LogP contribution in [-0.2, 0) is 11.9 Å². The Hall–Kier alpha value is -1.28. The number of alkyl halides is 1. The average molecular weight is 277 g/mol. The molecule has 0 amide bonds. The van der Waals surface area contributed by atoms with Crippen molar-refractivity contribution in [3.8, 4) is 5.75 Å². The summed E-state index contributed by atoms with van der Waals surface area (Å²) in [5, 5.41) is 0.862. The van der Waals surface area contributed by atoms with Crippen molar-refractivity contribution in [2.45, 2.75) is 11.9 Å². The Bertz CT molecular complexity index is 439. The van der Waals surface area contributed by atoms with Crippen molar-refractivity contribution in [3.05, 3.63) is 65.7 Å². The maximum atomic E-state index is 5.71. The van der Waals surface area contributed by atoms with Crippen molar-refractivity contribution < 1.29 is 4.74 Å². The van der Waals surface area contributed by atoms with Gasteiger partial charge in [0, 0.05) is 5.33 Å². The van der Waals surface area contributed by atoms with E-state index in [1.54, 1.807) is 0 Å². The predicted molar refractivity (Wildman–Crippen MR) is 69.8 cm³/mol. The number of hydrogen-bond acceptors (Lipinski definition) is 1. The largest absolute Gasteiger partial charge is 0.489 e. The number of rotatable bonds is 4. The van der Waals surface area contributed by atoms with E-state index in [0.29, 0.717) is 6.61 Å². The highest BCUT2D eigenvalue weighted by Gasteiger charge is 2.00. The molecule has 0 atom stereocenters. The summed E-state index contributed by atoms with van der Waals surface area (Å²) in [5.41, 5.74) is 2.50. The summed E-state index contributed by atoms with van der Waals surface area (Å²) in [6.07, 6.45) is 0. The van der Waals surface area contributed by atoms with Gasteiger partial charge in [0.05, 0.1) is 0 Å². The summed E-state index contributed by atoms with van der Waals surface area (Å²) in [6, 6.07) is 18.2. The molecule has 0 unspecified atom stereocenters. The van der Waals surface area contributed by atoms with E-state index in [0.717, 1.165) is 11.1 Å². The van der Waals surface area contributed by atoms with Crippen molar-refractivity contribution in [3.63, 3.8) is 0 Å². The number of ether oxygens (including phenoxy) is 1. The van der Waals surface area contributed by atoms with Crippen LogP contribution < -0.4 is 4.74 Å². The van der Waals surface area contributed by atoms with Gasteiger partial charge in [-0.15, -0.1) is 0 Å².